The summed E-state index contributed by atoms with van der Waals surface area (Å²) in [6, 6.07) is 0. The molecule has 138 valence electrons. The van der Waals surface area contributed by atoms with Gasteiger partial charge >= 0.3 is 0 Å². The summed E-state index contributed by atoms with van der Waals surface area (Å²) < 4.78 is 2.36. The Kier molecular flexibility index (Phi) is 4.36. The number of nitrogens with zero attached hydrogens (tertiary/aromatic N) is 4. The second-order valence-electron chi connectivity index (χ2n) is 9.31. The lowest BCUT2D eigenvalue weighted by Crippen LogP contribution is -2.49. The third-order valence-corrected chi connectivity index (χ3v) is 8.44. The summed E-state index contributed by atoms with van der Waals surface area (Å²) >= 11 is 1.91. The van der Waals surface area contributed by atoms with E-state index in [1.54, 1.807) is 0 Å². The lowest BCUT2D eigenvalue weighted by Gasteiger charge is -2.56. The van der Waals surface area contributed by atoms with Gasteiger partial charge < -0.3 is 9.47 Å². The predicted octanol–water partition coefficient (Wildman–Crippen LogP) is 3.86. The molecule has 0 N–H and O–H groups in total. The molecular formula is C20H32N4S. The van der Waals surface area contributed by atoms with Gasteiger partial charge in [-0.1, -0.05) is 18.2 Å². The molecule has 4 aliphatic carbocycles. The van der Waals surface area contributed by atoms with E-state index in [1.165, 1.54) is 83.2 Å². The number of hydrogen-bond acceptors (Lipinski definition) is 4. The average molecular weight is 361 g/mol. The standard InChI is InChI=1S/C20H32N4S/c1-23-18(20-12-15-9-16(13-20)11-17(10-15)14-20)21-22-19(23)25-8-7-24-5-3-2-4-6-24/h15-17H,2-14H2,1H3. The van der Waals surface area contributed by atoms with Crippen molar-refractivity contribution in [3.05, 3.63) is 5.82 Å². The Balaban J connectivity index is 1.26. The number of hydrogen-bond donors (Lipinski definition) is 0. The summed E-state index contributed by atoms with van der Waals surface area (Å²) in [6.07, 6.45) is 12.8. The van der Waals surface area contributed by atoms with Gasteiger partial charge in [-0.2, -0.15) is 0 Å². The third kappa shape index (κ3) is 3.05. The Morgan fingerprint density at radius 1 is 0.960 bits per heavy atom. The van der Waals surface area contributed by atoms with Gasteiger partial charge in [-0.25, -0.2) is 0 Å². The van der Waals surface area contributed by atoms with E-state index >= 15 is 0 Å². The fourth-order valence-electron chi connectivity index (χ4n) is 6.74. The molecular weight excluding hydrogens is 328 g/mol. The van der Waals surface area contributed by atoms with Crippen LogP contribution in [0.4, 0.5) is 0 Å². The molecule has 4 saturated carbocycles. The summed E-state index contributed by atoms with van der Waals surface area (Å²) in [5, 5.41) is 10.5. The Bertz CT molecular complexity index is 584. The van der Waals surface area contributed by atoms with Gasteiger partial charge in [0.15, 0.2) is 5.16 Å². The zero-order valence-corrected chi connectivity index (χ0v) is 16.4. The molecule has 0 aromatic carbocycles. The maximum absolute atomic E-state index is 4.75. The first kappa shape index (κ1) is 16.6. The molecule has 1 saturated heterocycles. The monoisotopic (exact) mass is 360 g/mol. The van der Waals surface area contributed by atoms with Gasteiger partial charge in [0.05, 0.1) is 0 Å². The Morgan fingerprint density at radius 2 is 1.60 bits per heavy atom. The molecule has 1 aliphatic heterocycles. The molecule has 0 radical (unpaired) electrons. The number of thioether (sulfide) groups is 1. The first-order chi connectivity index (χ1) is 12.2. The van der Waals surface area contributed by atoms with Crippen molar-refractivity contribution in [1.82, 2.24) is 19.7 Å². The van der Waals surface area contributed by atoms with Gasteiger partial charge in [0.2, 0.25) is 0 Å². The SMILES string of the molecule is Cn1c(SCCN2CCCCC2)nnc1C12CC3CC(CC(C3)C1)C2. The molecule has 5 heteroatoms. The van der Waals surface area contributed by atoms with E-state index in [1.807, 2.05) is 11.8 Å². The molecule has 4 bridgehead atoms. The van der Waals surface area contributed by atoms with Crippen LogP contribution in [-0.4, -0.2) is 45.1 Å². The Labute approximate surface area is 156 Å². The molecule has 1 aromatic heterocycles. The second-order valence-corrected chi connectivity index (χ2v) is 10.4. The maximum Gasteiger partial charge on any atom is 0.191 e. The van der Waals surface area contributed by atoms with Crippen LogP contribution in [0, 0.1) is 17.8 Å². The molecule has 1 aromatic rings. The molecule has 5 aliphatic rings. The van der Waals surface area contributed by atoms with Crippen LogP contribution in [0.5, 0.6) is 0 Å². The normalized spacial score (nSPS) is 37.7. The summed E-state index contributed by atoms with van der Waals surface area (Å²) in [5.41, 5.74) is 0.363. The number of likely N-dealkylation sites (tertiary alicyclic amines) is 1. The third-order valence-electron chi connectivity index (χ3n) is 7.43. The van der Waals surface area contributed by atoms with Crippen LogP contribution in [0.2, 0.25) is 0 Å². The molecule has 0 unspecified atom stereocenters. The lowest BCUT2D eigenvalue weighted by atomic mass is 9.49. The highest BCUT2D eigenvalue weighted by atomic mass is 32.2. The van der Waals surface area contributed by atoms with Gasteiger partial charge in [-0.15, -0.1) is 10.2 Å². The minimum atomic E-state index is 0.363. The van der Waals surface area contributed by atoms with Crippen LogP contribution in [0.3, 0.4) is 0 Å². The van der Waals surface area contributed by atoms with E-state index in [4.69, 9.17) is 5.10 Å². The van der Waals surface area contributed by atoms with Crippen LogP contribution < -0.4 is 0 Å². The van der Waals surface area contributed by atoms with E-state index < -0.39 is 0 Å². The highest BCUT2D eigenvalue weighted by molar-refractivity contribution is 7.99. The van der Waals surface area contributed by atoms with Crippen molar-refractivity contribution in [1.29, 1.82) is 0 Å². The van der Waals surface area contributed by atoms with Crippen LogP contribution in [0.1, 0.15) is 63.6 Å². The highest BCUT2D eigenvalue weighted by Gasteiger charge is 2.53. The van der Waals surface area contributed by atoms with Crippen molar-refractivity contribution in [2.75, 3.05) is 25.4 Å². The first-order valence-corrected chi connectivity index (χ1v) is 11.5. The van der Waals surface area contributed by atoms with E-state index in [-0.39, 0.29) is 0 Å². The number of aromatic nitrogens is 3. The first-order valence-electron chi connectivity index (χ1n) is 10.5. The Morgan fingerprint density at radius 3 is 2.24 bits per heavy atom. The zero-order valence-electron chi connectivity index (χ0n) is 15.6. The van der Waals surface area contributed by atoms with E-state index in [2.05, 4.69) is 21.6 Å². The van der Waals surface area contributed by atoms with Crippen LogP contribution >= 0.6 is 11.8 Å². The van der Waals surface area contributed by atoms with Crippen molar-refractivity contribution >= 4 is 11.8 Å². The number of piperidine rings is 1. The molecule has 2 heterocycles. The van der Waals surface area contributed by atoms with Gasteiger partial charge in [-0.3, -0.25) is 0 Å². The summed E-state index contributed by atoms with van der Waals surface area (Å²) in [4.78, 5) is 2.62. The van der Waals surface area contributed by atoms with Crippen molar-refractivity contribution in [2.24, 2.45) is 24.8 Å². The topological polar surface area (TPSA) is 34.0 Å². The molecule has 5 fully saturated rings. The van der Waals surface area contributed by atoms with Gasteiger partial charge in [0.1, 0.15) is 5.82 Å². The molecule has 0 amide bonds. The molecule has 0 atom stereocenters. The lowest BCUT2D eigenvalue weighted by molar-refractivity contribution is -0.0109. The van der Waals surface area contributed by atoms with Crippen molar-refractivity contribution in [3.8, 4) is 0 Å². The summed E-state index contributed by atoms with van der Waals surface area (Å²) in [7, 11) is 2.22. The largest absolute Gasteiger partial charge is 0.309 e. The molecule has 25 heavy (non-hydrogen) atoms. The van der Waals surface area contributed by atoms with Crippen molar-refractivity contribution in [3.63, 3.8) is 0 Å². The highest BCUT2D eigenvalue weighted by Crippen LogP contribution is 2.60. The fourth-order valence-corrected chi connectivity index (χ4v) is 7.65. The van der Waals surface area contributed by atoms with E-state index in [0.29, 0.717) is 5.41 Å². The smallest absolute Gasteiger partial charge is 0.191 e. The van der Waals surface area contributed by atoms with Crippen LogP contribution in [0.15, 0.2) is 5.16 Å². The Hall–Kier alpha value is -0.550. The van der Waals surface area contributed by atoms with Crippen LogP contribution in [0.25, 0.3) is 0 Å². The van der Waals surface area contributed by atoms with E-state index in [9.17, 15) is 0 Å². The molecule has 6 rings (SSSR count). The molecule has 4 nitrogen and oxygen atoms in total. The summed E-state index contributed by atoms with van der Waals surface area (Å²) in [6.45, 7) is 3.78. The van der Waals surface area contributed by atoms with E-state index in [0.717, 1.165) is 28.7 Å². The minimum Gasteiger partial charge on any atom is -0.309 e. The number of rotatable bonds is 5. The van der Waals surface area contributed by atoms with Gasteiger partial charge in [-0.05, 0) is 82.2 Å². The average Bonchev–Trinajstić information content (AvgIpc) is 2.96. The minimum absolute atomic E-state index is 0.363. The quantitative estimate of drug-likeness (QED) is 0.747. The zero-order chi connectivity index (χ0) is 16.9. The summed E-state index contributed by atoms with van der Waals surface area (Å²) in [5.74, 6) is 5.37. The van der Waals surface area contributed by atoms with Crippen molar-refractivity contribution < 1.29 is 0 Å². The maximum atomic E-state index is 4.75. The second kappa shape index (κ2) is 6.56. The molecule has 0 spiro atoms. The fraction of sp³-hybridized carbons (Fsp3) is 0.900. The van der Waals surface area contributed by atoms with Crippen molar-refractivity contribution in [2.45, 2.75) is 68.4 Å². The predicted molar refractivity (Wildman–Crippen MR) is 102 cm³/mol. The van der Waals surface area contributed by atoms with Gasteiger partial charge in [0.25, 0.3) is 0 Å². The van der Waals surface area contributed by atoms with Gasteiger partial charge in [0, 0.05) is 24.8 Å². The van der Waals surface area contributed by atoms with Crippen LogP contribution in [-0.2, 0) is 12.5 Å².